The summed E-state index contributed by atoms with van der Waals surface area (Å²) in [4.78, 5) is 15.8. The van der Waals surface area contributed by atoms with Gasteiger partial charge in [0.1, 0.15) is 6.10 Å². The predicted octanol–water partition coefficient (Wildman–Crippen LogP) is -0.376. The molecule has 0 aromatic carbocycles. The van der Waals surface area contributed by atoms with Gasteiger partial charge < -0.3 is 19.9 Å². The van der Waals surface area contributed by atoms with E-state index in [9.17, 15) is 4.79 Å². The molecule has 6 nitrogen and oxygen atoms in total. The van der Waals surface area contributed by atoms with Crippen molar-refractivity contribution in [1.29, 1.82) is 0 Å². The van der Waals surface area contributed by atoms with E-state index in [1.807, 2.05) is 10.8 Å². The van der Waals surface area contributed by atoms with Crippen LogP contribution in [-0.4, -0.2) is 47.8 Å². The minimum Gasteiger partial charge on any atom is -0.366 e. The van der Waals surface area contributed by atoms with Gasteiger partial charge >= 0.3 is 0 Å². The lowest BCUT2D eigenvalue weighted by atomic mass is 10.1. The van der Waals surface area contributed by atoms with Crippen molar-refractivity contribution in [1.82, 2.24) is 20.2 Å². The Morgan fingerprint density at radius 3 is 3.28 bits per heavy atom. The van der Waals surface area contributed by atoms with E-state index in [0.717, 1.165) is 13.1 Å². The molecule has 100 valence electrons. The van der Waals surface area contributed by atoms with Gasteiger partial charge in [-0.3, -0.25) is 4.79 Å². The lowest BCUT2D eigenvalue weighted by molar-refractivity contribution is -0.134. The van der Waals surface area contributed by atoms with Crippen molar-refractivity contribution in [2.45, 2.75) is 19.6 Å². The molecule has 1 aliphatic rings. The highest BCUT2D eigenvalue weighted by Gasteiger charge is 2.21. The normalized spacial score (nSPS) is 21.5. The molecule has 1 amide bonds. The molecule has 0 spiro atoms. The van der Waals surface area contributed by atoms with E-state index in [0.29, 0.717) is 25.6 Å². The van der Waals surface area contributed by atoms with Crippen molar-refractivity contribution in [2.75, 3.05) is 26.2 Å². The van der Waals surface area contributed by atoms with Gasteiger partial charge in [-0.1, -0.05) is 6.92 Å². The number of imidazole rings is 1. The Labute approximate surface area is 107 Å². The molecular formula is C12H20N4O2. The maximum Gasteiger partial charge on any atom is 0.250 e. The molecule has 2 unspecified atom stereocenters. The maximum atomic E-state index is 11.8. The standard InChI is InChI=1S/C12H20N4O2/c1-10(8-16-4-2-14-9-16)6-15-12(17)11-7-13-3-5-18-11/h2,4,9-11,13H,3,5-8H2,1H3,(H,15,17). The number of aromatic nitrogens is 2. The third-order valence-corrected chi connectivity index (χ3v) is 2.93. The number of nitrogens with one attached hydrogen (secondary N) is 2. The average molecular weight is 252 g/mol. The number of nitrogens with zero attached hydrogens (tertiary/aromatic N) is 2. The quantitative estimate of drug-likeness (QED) is 0.750. The summed E-state index contributed by atoms with van der Waals surface area (Å²) >= 11 is 0. The van der Waals surface area contributed by atoms with Crippen LogP contribution < -0.4 is 10.6 Å². The van der Waals surface area contributed by atoms with Crippen LogP contribution in [0.25, 0.3) is 0 Å². The van der Waals surface area contributed by atoms with Gasteiger partial charge in [-0.15, -0.1) is 0 Å². The van der Waals surface area contributed by atoms with E-state index in [2.05, 4.69) is 22.5 Å². The summed E-state index contributed by atoms with van der Waals surface area (Å²) in [5.41, 5.74) is 0. The SMILES string of the molecule is CC(CNC(=O)C1CNCCO1)Cn1ccnc1. The molecule has 18 heavy (non-hydrogen) atoms. The van der Waals surface area contributed by atoms with Gasteiger partial charge in [-0.2, -0.15) is 0 Å². The number of hydrogen-bond donors (Lipinski definition) is 2. The number of hydrogen-bond acceptors (Lipinski definition) is 4. The Bertz CT molecular complexity index is 360. The Hall–Kier alpha value is -1.40. The van der Waals surface area contributed by atoms with Gasteiger partial charge in [-0.05, 0) is 5.92 Å². The van der Waals surface area contributed by atoms with E-state index in [-0.39, 0.29) is 12.0 Å². The molecule has 2 N–H and O–H groups in total. The third-order valence-electron chi connectivity index (χ3n) is 2.93. The zero-order valence-corrected chi connectivity index (χ0v) is 10.6. The lowest BCUT2D eigenvalue weighted by Gasteiger charge is -2.23. The highest BCUT2D eigenvalue weighted by atomic mass is 16.5. The van der Waals surface area contributed by atoms with Crippen LogP contribution in [0.4, 0.5) is 0 Å². The van der Waals surface area contributed by atoms with Crippen LogP contribution in [-0.2, 0) is 16.1 Å². The molecule has 0 aliphatic carbocycles. The van der Waals surface area contributed by atoms with Crippen LogP contribution in [0.15, 0.2) is 18.7 Å². The largest absolute Gasteiger partial charge is 0.366 e. The summed E-state index contributed by atoms with van der Waals surface area (Å²) in [5.74, 6) is 0.333. The van der Waals surface area contributed by atoms with Crippen molar-refractivity contribution in [3.8, 4) is 0 Å². The summed E-state index contributed by atoms with van der Waals surface area (Å²) in [6.07, 6.45) is 5.12. The monoisotopic (exact) mass is 252 g/mol. The lowest BCUT2D eigenvalue weighted by Crippen LogP contribution is -2.48. The topological polar surface area (TPSA) is 68.2 Å². The van der Waals surface area contributed by atoms with Gasteiger partial charge in [0.2, 0.25) is 5.91 Å². The van der Waals surface area contributed by atoms with Crippen LogP contribution in [0.5, 0.6) is 0 Å². The number of carbonyl (C=O) groups is 1. The molecule has 1 fully saturated rings. The molecular weight excluding hydrogens is 232 g/mol. The van der Waals surface area contributed by atoms with E-state index in [1.165, 1.54) is 0 Å². The van der Waals surface area contributed by atoms with Gasteiger partial charge in [0.25, 0.3) is 0 Å². The van der Waals surface area contributed by atoms with E-state index >= 15 is 0 Å². The fourth-order valence-electron chi connectivity index (χ4n) is 1.94. The molecule has 1 aromatic rings. The van der Waals surface area contributed by atoms with Gasteiger partial charge in [0.05, 0.1) is 12.9 Å². The molecule has 0 radical (unpaired) electrons. The predicted molar refractivity (Wildman–Crippen MR) is 67.0 cm³/mol. The summed E-state index contributed by atoms with van der Waals surface area (Å²) in [7, 11) is 0. The molecule has 2 atom stereocenters. The number of rotatable bonds is 5. The highest BCUT2D eigenvalue weighted by Crippen LogP contribution is 2.00. The van der Waals surface area contributed by atoms with Crippen LogP contribution in [0.2, 0.25) is 0 Å². The first kappa shape index (κ1) is 13.0. The number of morpholine rings is 1. The van der Waals surface area contributed by atoms with E-state index < -0.39 is 0 Å². The smallest absolute Gasteiger partial charge is 0.250 e. The van der Waals surface area contributed by atoms with E-state index in [4.69, 9.17) is 4.74 Å². The van der Waals surface area contributed by atoms with Crippen molar-refractivity contribution >= 4 is 5.91 Å². The van der Waals surface area contributed by atoms with Crippen molar-refractivity contribution < 1.29 is 9.53 Å². The number of ether oxygens (including phenoxy) is 1. The minimum atomic E-state index is -0.348. The summed E-state index contributed by atoms with van der Waals surface area (Å²) in [6, 6.07) is 0. The first-order chi connectivity index (χ1) is 8.75. The maximum absolute atomic E-state index is 11.8. The molecule has 2 heterocycles. The molecule has 0 bridgehead atoms. The first-order valence-corrected chi connectivity index (χ1v) is 6.31. The molecule has 1 aliphatic heterocycles. The second-order valence-corrected chi connectivity index (χ2v) is 4.67. The fraction of sp³-hybridized carbons (Fsp3) is 0.667. The van der Waals surface area contributed by atoms with Crippen LogP contribution in [0, 0.1) is 5.92 Å². The molecule has 0 saturated carbocycles. The summed E-state index contributed by atoms with van der Waals surface area (Å²) in [5, 5.41) is 6.07. The molecule has 1 aromatic heterocycles. The van der Waals surface area contributed by atoms with Crippen LogP contribution in [0.1, 0.15) is 6.92 Å². The Morgan fingerprint density at radius 1 is 1.72 bits per heavy atom. The second kappa shape index (κ2) is 6.51. The number of amides is 1. The Morgan fingerprint density at radius 2 is 2.61 bits per heavy atom. The molecule has 1 saturated heterocycles. The van der Waals surface area contributed by atoms with Gasteiger partial charge in [0.15, 0.2) is 0 Å². The van der Waals surface area contributed by atoms with Crippen LogP contribution >= 0.6 is 0 Å². The van der Waals surface area contributed by atoms with Crippen molar-refractivity contribution in [3.05, 3.63) is 18.7 Å². The second-order valence-electron chi connectivity index (χ2n) is 4.67. The van der Waals surface area contributed by atoms with Gasteiger partial charge in [-0.25, -0.2) is 4.98 Å². The number of carbonyl (C=O) groups excluding carboxylic acids is 1. The summed E-state index contributed by atoms with van der Waals surface area (Å²) < 4.78 is 7.40. The zero-order chi connectivity index (χ0) is 12.8. The molecule has 6 heteroatoms. The molecule has 2 rings (SSSR count). The average Bonchev–Trinajstić information content (AvgIpc) is 2.90. The first-order valence-electron chi connectivity index (χ1n) is 6.31. The highest BCUT2D eigenvalue weighted by molar-refractivity contribution is 5.81. The van der Waals surface area contributed by atoms with Crippen molar-refractivity contribution in [3.63, 3.8) is 0 Å². The fourth-order valence-corrected chi connectivity index (χ4v) is 1.94. The van der Waals surface area contributed by atoms with Crippen LogP contribution in [0.3, 0.4) is 0 Å². The minimum absolute atomic E-state index is 0.0281. The zero-order valence-electron chi connectivity index (χ0n) is 10.6. The van der Waals surface area contributed by atoms with Crippen molar-refractivity contribution in [2.24, 2.45) is 5.92 Å². The Balaban J connectivity index is 1.68. The van der Waals surface area contributed by atoms with E-state index in [1.54, 1.807) is 12.5 Å². The summed E-state index contributed by atoms with van der Waals surface area (Å²) in [6.45, 7) is 5.62. The third kappa shape index (κ3) is 3.82. The van der Waals surface area contributed by atoms with Gasteiger partial charge in [0, 0.05) is 38.6 Å². The Kier molecular flexibility index (Phi) is 4.72.